The van der Waals surface area contributed by atoms with Crippen LogP contribution in [0.1, 0.15) is 44.9 Å². The monoisotopic (exact) mass is 309 g/mol. The number of amides is 2. The number of nitrogens with one attached hydrogen (secondary N) is 1. The lowest BCUT2D eigenvalue weighted by Gasteiger charge is -2.29. The van der Waals surface area contributed by atoms with Crippen molar-refractivity contribution >= 4 is 11.8 Å². The number of likely N-dealkylation sites (tertiary alicyclic amines) is 1. The molecule has 3 fully saturated rings. The van der Waals surface area contributed by atoms with Gasteiger partial charge in [-0.3, -0.25) is 15.0 Å². The third-order valence-electron chi connectivity index (χ3n) is 5.07. The minimum absolute atomic E-state index is 0.00799. The van der Waals surface area contributed by atoms with Gasteiger partial charge in [0, 0.05) is 32.1 Å². The highest BCUT2D eigenvalue weighted by atomic mass is 16.5. The van der Waals surface area contributed by atoms with Crippen molar-refractivity contribution in [2.24, 2.45) is 5.92 Å². The molecule has 0 spiro atoms. The second-order valence-electron chi connectivity index (χ2n) is 6.67. The van der Waals surface area contributed by atoms with Crippen molar-refractivity contribution in [2.45, 2.75) is 51.0 Å². The fraction of sp³-hybridized carbons (Fsp3) is 0.875. The Balaban J connectivity index is 1.52. The molecule has 3 rings (SSSR count). The van der Waals surface area contributed by atoms with Crippen LogP contribution in [-0.2, 0) is 14.3 Å². The third-order valence-corrected chi connectivity index (χ3v) is 5.07. The zero-order chi connectivity index (χ0) is 15.4. The number of morpholine rings is 1. The van der Waals surface area contributed by atoms with Crippen LogP contribution in [0, 0.1) is 5.92 Å². The molecule has 2 amide bonds. The summed E-state index contributed by atoms with van der Waals surface area (Å²) in [6, 6.07) is 0.358. The Bertz CT molecular complexity index is 401. The fourth-order valence-corrected chi connectivity index (χ4v) is 3.75. The van der Waals surface area contributed by atoms with E-state index < -0.39 is 0 Å². The maximum Gasteiger partial charge on any atom is 0.239 e. The molecule has 1 aliphatic carbocycles. The van der Waals surface area contributed by atoms with E-state index in [0.29, 0.717) is 32.2 Å². The number of carbonyl (C=O) groups is 2. The minimum Gasteiger partial charge on any atom is -0.379 e. The van der Waals surface area contributed by atoms with E-state index in [4.69, 9.17) is 4.74 Å². The standard InChI is InChI=1S/C16H27N3O3/c20-15-11-13(16(21)17-18-7-9-22-10-8-18)12-19(15)14-5-3-1-2-4-6-14/h13-14H,1-12H2,(H,17,21)/t13-/m0/s1. The predicted octanol–water partition coefficient (Wildman–Crippen LogP) is 0.921. The molecular weight excluding hydrogens is 282 g/mol. The van der Waals surface area contributed by atoms with Crippen molar-refractivity contribution in [1.29, 1.82) is 0 Å². The normalized spacial score (nSPS) is 28.6. The first-order valence-electron chi connectivity index (χ1n) is 8.66. The van der Waals surface area contributed by atoms with E-state index in [2.05, 4.69) is 5.43 Å². The molecule has 3 aliphatic rings. The van der Waals surface area contributed by atoms with Crippen molar-refractivity contribution in [3.05, 3.63) is 0 Å². The molecule has 0 bridgehead atoms. The molecule has 2 saturated heterocycles. The summed E-state index contributed by atoms with van der Waals surface area (Å²) in [5, 5.41) is 1.91. The lowest BCUT2D eigenvalue weighted by molar-refractivity contribution is -0.133. The van der Waals surface area contributed by atoms with Crippen molar-refractivity contribution in [3.8, 4) is 0 Å². The van der Waals surface area contributed by atoms with E-state index in [9.17, 15) is 9.59 Å². The van der Waals surface area contributed by atoms with E-state index >= 15 is 0 Å². The molecule has 0 aromatic heterocycles. The Kier molecular flexibility index (Phi) is 5.31. The number of carbonyl (C=O) groups excluding carboxylic acids is 2. The summed E-state index contributed by atoms with van der Waals surface area (Å²) in [6.45, 7) is 3.34. The van der Waals surface area contributed by atoms with Crippen molar-refractivity contribution < 1.29 is 14.3 Å². The second kappa shape index (κ2) is 7.42. The largest absolute Gasteiger partial charge is 0.379 e. The van der Waals surface area contributed by atoms with Crippen LogP contribution in [0.4, 0.5) is 0 Å². The maximum atomic E-state index is 12.4. The summed E-state index contributed by atoms with van der Waals surface area (Å²) in [6.07, 6.45) is 7.54. The fourth-order valence-electron chi connectivity index (χ4n) is 3.75. The van der Waals surface area contributed by atoms with Crippen LogP contribution in [0.5, 0.6) is 0 Å². The molecule has 0 aromatic rings. The smallest absolute Gasteiger partial charge is 0.239 e. The van der Waals surface area contributed by atoms with Gasteiger partial charge in [-0.1, -0.05) is 25.7 Å². The number of rotatable bonds is 3. The molecule has 124 valence electrons. The van der Waals surface area contributed by atoms with E-state index in [1.807, 2.05) is 9.91 Å². The van der Waals surface area contributed by atoms with Crippen LogP contribution in [0.15, 0.2) is 0 Å². The maximum absolute atomic E-state index is 12.4. The van der Waals surface area contributed by atoms with Crippen LogP contribution in [0.3, 0.4) is 0 Å². The Morgan fingerprint density at radius 3 is 2.45 bits per heavy atom. The molecular formula is C16H27N3O3. The molecule has 1 saturated carbocycles. The van der Waals surface area contributed by atoms with Crippen LogP contribution in [0.2, 0.25) is 0 Å². The molecule has 22 heavy (non-hydrogen) atoms. The SMILES string of the molecule is O=C(NN1CCOCC1)[C@H]1CC(=O)N(C2CCCCCC2)C1. The Morgan fingerprint density at radius 1 is 1.09 bits per heavy atom. The first-order chi connectivity index (χ1) is 10.7. The van der Waals surface area contributed by atoms with E-state index in [0.717, 1.165) is 25.9 Å². The molecule has 6 heteroatoms. The lowest BCUT2D eigenvalue weighted by Crippen LogP contribution is -2.50. The summed E-state index contributed by atoms with van der Waals surface area (Å²) >= 11 is 0. The summed E-state index contributed by atoms with van der Waals surface area (Å²) in [4.78, 5) is 26.7. The predicted molar refractivity (Wildman–Crippen MR) is 81.8 cm³/mol. The first-order valence-corrected chi connectivity index (χ1v) is 8.66. The van der Waals surface area contributed by atoms with Gasteiger partial charge in [-0.2, -0.15) is 0 Å². The van der Waals surface area contributed by atoms with Crippen LogP contribution < -0.4 is 5.43 Å². The van der Waals surface area contributed by atoms with E-state index in [-0.39, 0.29) is 17.7 Å². The zero-order valence-electron chi connectivity index (χ0n) is 13.3. The highest BCUT2D eigenvalue weighted by Gasteiger charge is 2.38. The van der Waals surface area contributed by atoms with Crippen LogP contribution in [0.25, 0.3) is 0 Å². The second-order valence-corrected chi connectivity index (χ2v) is 6.67. The average molecular weight is 309 g/mol. The molecule has 1 atom stereocenters. The Hall–Kier alpha value is -1.14. The molecule has 2 heterocycles. The number of hydrazine groups is 1. The summed E-state index contributed by atoms with van der Waals surface area (Å²) in [7, 11) is 0. The van der Waals surface area contributed by atoms with Gasteiger partial charge in [0.1, 0.15) is 0 Å². The lowest BCUT2D eigenvalue weighted by atomic mass is 10.1. The van der Waals surface area contributed by atoms with Gasteiger partial charge in [0.25, 0.3) is 0 Å². The van der Waals surface area contributed by atoms with Crippen molar-refractivity contribution in [3.63, 3.8) is 0 Å². The quantitative estimate of drug-likeness (QED) is 0.788. The minimum atomic E-state index is -0.196. The van der Waals surface area contributed by atoms with Gasteiger partial charge < -0.3 is 9.64 Å². The van der Waals surface area contributed by atoms with Crippen LogP contribution >= 0.6 is 0 Å². The highest BCUT2D eigenvalue weighted by Crippen LogP contribution is 2.28. The van der Waals surface area contributed by atoms with Gasteiger partial charge in [0.2, 0.25) is 11.8 Å². The molecule has 0 unspecified atom stereocenters. The summed E-state index contributed by atoms with van der Waals surface area (Å²) < 4.78 is 5.28. The van der Waals surface area contributed by atoms with Gasteiger partial charge in [0.05, 0.1) is 19.1 Å². The number of ether oxygens (including phenoxy) is 1. The number of hydrogen-bond acceptors (Lipinski definition) is 4. The van der Waals surface area contributed by atoms with Gasteiger partial charge in [0.15, 0.2) is 0 Å². The van der Waals surface area contributed by atoms with Crippen molar-refractivity contribution in [1.82, 2.24) is 15.3 Å². The summed E-state index contributed by atoms with van der Waals surface area (Å²) in [5.41, 5.74) is 2.95. The Labute approximate surface area is 132 Å². The molecule has 6 nitrogen and oxygen atoms in total. The zero-order valence-corrected chi connectivity index (χ0v) is 13.3. The van der Waals surface area contributed by atoms with Gasteiger partial charge in [-0.25, -0.2) is 5.01 Å². The molecule has 1 N–H and O–H groups in total. The average Bonchev–Trinajstić information content (AvgIpc) is 2.74. The third kappa shape index (κ3) is 3.79. The van der Waals surface area contributed by atoms with Crippen molar-refractivity contribution in [2.75, 3.05) is 32.8 Å². The van der Waals surface area contributed by atoms with Gasteiger partial charge in [-0.15, -0.1) is 0 Å². The molecule has 0 aromatic carbocycles. The van der Waals surface area contributed by atoms with E-state index in [1.165, 1.54) is 25.7 Å². The van der Waals surface area contributed by atoms with Crippen LogP contribution in [-0.4, -0.2) is 60.6 Å². The highest BCUT2D eigenvalue weighted by molar-refractivity contribution is 5.89. The first kappa shape index (κ1) is 15.7. The number of hydrogen-bond donors (Lipinski definition) is 1. The van der Waals surface area contributed by atoms with E-state index in [1.54, 1.807) is 0 Å². The van der Waals surface area contributed by atoms with Gasteiger partial charge >= 0.3 is 0 Å². The molecule has 0 radical (unpaired) electrons. The molecule has 2 aliphatic heterocycles. The van der Waals surface area contributed by atoms with Gasteiger partial charge in [-0.05, 0) is 12.8 Å². The summed E-state index contributed by atoms with van der Waals surface area (Å²) in [5.74, 6) is -0.0426. The topological polar surface area (TPSA) is 61.9 Å². The number of nitrogens with zero attached hydrogens (tertiary/aromatic N) is 2. The Morgan fingerprint density at radius 2 is 1.77 bits per heavy atom.